The van der Waals surface area contributed by atoms with Crippen LogP contribution in [0.2, 0.25) is 0 Å². The minimum absolute atomic E-state index is 0.201. The van der Waals surface area contributed by atoms with Crippen molar-refractivity contribution in [2.75, 3.05) is 53.6 Å². The van der Waals surface area contributed by atoms with Gasteiger partial charge in [-0.2, -0.15) is 0 Å². The number of nitrogens with one attached hydrogen (secondary N) is 1. The molecule has 0 saturated carbocycles. The fourth-order valence-electron chi connectivity index (χ4n) is 4.10. The van der Waals surface area contributed by atoms with E-state index in [0.29, 0.717) is 19.0 Å². The summed E-state index contributed by atoms with van der Waals surface area (Å²) in [4.78, 5) is 21.6. The first-order chi connectivity index (χ1) is 18.0. The summed E-state index contributed by atoms with van der Waals surface area (Å²) >= 11 is 0. The number of hydrogen-bond donors (Lipinski definition) is 1. The molecule has 0 unspecified atom stereocenters. The zero-order chi connectivity index (χ0) is 26.0. The van der Waals surface area contributed by atoms with E-state index in [4.69, 9.17) is 18.6 Å². The van der Waals surface area contributed by atoms with Crippen LogP contribution in [0.25, 0.3) is 0 Å². The number of halogens is 1. The van der Waals surface area contributed by atoms with Crippen LogP contribution < -0.4 is 14.8 Å². The van der Waals surface area contributed by atoms with Crippen LogP contribution in [0, 0.1) is 5.82 Å². The lowest BCUT2D eigenvalue weighted by Gasteiger charge is -2.29. The Morgan fingerprint density at radius 1 is 1.11 bits per heavy atom. The Hall–Kier alpha value is -3.47. The summed E-state index contributed by atoms with van der Waals surface area (Å²) < 4.78 is 35.1. The molecule has 37 heavy (non-hydrogen) atoms. The number of oxazole rings is 1. The van der Waals surface area contributed by atoms with Gasteiger partial charge in [0.1, 0.15) is 23.6 Å². The van der Waals surface area contributed by atoms with Gasteiger partial charge in [-0.15, -0.1) is 0 Å². The number of nitrogens with zero attached hydrogens (tertiary/aromatic N) is 3. The Morgan fingerprint density at radius 3 is 2.62 bits per heavy atom. The van der Waals surface area contributed by atoms with E-state index in [0.717, 1.165) is 62.0 Å². The number of methoxy groups -OCH3 is 2. The fraction of sp³-hybridized carbons (Fsp3) is 0.407. The van der Waals surface area contributed by atoms with Crippen LogP contribution in [0.1, 0.15) is 27.5 Å². The van der Waals surface area contributed by atoms with E-state index in [9.17, 15) is 9.18 Å². The van der Waals surface area contributed by atoms with Crippen molar-refractivity contribution in [2.45, 2.75) is 19.6 Å². The van der Waals surface area contributed by atoms with Crippen LogP contribution in [-0.2, 0) is 24.4 Å². The highest BCUT2D eigenvalue weighted by molar-refractivity contribution is 5.91. The van der Waals surface area contributed by atoms with Gasteiger partial charge in [-0.25, -0.2) is 9.37 Å². The minimum Gasteiger partial charge on any atom is -0.497 e. The van der Waals surface area contributed by atoms with E-state index in [1.165, 1.54) is 18.4 Å². The second kappa shape index (κ2) is 13.2. The lowest BCUT2D eigenvalue weighted by atomic mass is 10.1. The Morgan fingerprint density at radius 2 is 1.89 bits per heavy atom. The summed E-state index contributed by atoms with van der Waals surface area (Å²) in [6.07, 6.45) is 1.36. The summed E-state index contributed by atoms with van der Waals surface area (Å²) in [6.45, 7) is 6.21. The second-order valence-electron chi connectivity index (χ2n) is 8.78. The Kier molecular flexibility index (Phi) is 9.47. The molecule has 10 heteroatoms. The topological polar surface area (TPSA) is 89.3 Å². The molecular weight excluding hydrogens is 479 g/mol. The molecule has 0 bridgehead atoms. The van der Waals surface area contributed by atoms with E-state index >= 15 is 0 Å². The standard InChI is InChI=1S/C27H33FN4O5/c1-34-23-8-5-21(25(15-23)35-2)17-32(10-9-31-11-13-36-14-12-31)18-26-30-24(19-37-26)27(33)29-16-20-3-6-22(28)7-4-20/h3-8,15,19H,9-14,16-18H2,1-2H3,(H,29,33). The van der Waals surface area contributed by atoms with Crippen LogP contribution in [0.5, 0.6) is 11.5 Å². The molecule has 1 saturated heterocycles. The van der Waals surface area contributed by atoms with Gasteiger partial charge in [-0.05, 0) is 23.8 Å². The van der Waals surface area contributed by atoms with Gasteiger partial charge in [0.25, 0.3) is 5.91 Å². The normalized spacial score (nSPS) is 14.1. The van der Waals surface area contributed by atoms with Crippen molar-refractivity contribution in [3.05, 3.63) is 77.3 Å². The van der Waals surface area contributed by atoms with Crippen LogP contribution in [0.15, 0.2) is 53.1 Å². The highest BCUT2D eigenvalue weighted by atomic mass is 19.1. The van der Waals surface area contributed by atoms with Crippen LogP contribution in [-0.4, -0.2) is 74.3 Å². The monoisotopic (exact) mass is 512 g/mol. The van der Waals surface area contributed by atoms with Crippen molar-refractivity contribution in [1.29, 1.82) is 0 Å². The Bertz CT molecular complexity index is 1150. The number of amides is 1. The minimum atomic E-state index is -0.351. The molecule has 1 aliphatic heterocycles. The Balaban J connectivity index is 1.41. The molecule has 0 aliphatic carbocycles. The number of ether oxygens (including phenoxy) is 3. The number of rotatable bonds is 12. The predicted octanol–water partition coefficient (Wildman–Crippen LogP) is 3.10. The van der Waals surface area contributed by atoms with E-state index < -0.39 is 0 Å². The number of benzene rings is 2. The van der Waals surface area contributed by atoms with Crippen molar-refractivity contribution in [3.63, 3.8) is 0 Å². The van der Waals surface area contributed by atoms with E-state index in [-0.39, 0.29) is 24.0 Å². The molecule has 0 radical (unpaired) electrons. The molecule has 1 amide bonds. The molecule has 3 aromatic rings. The summed E-state index contributed by atoms with van der Waals surface area (Å²) in [5.74, 6) is 1.24. The van der Waals surface area contributed by atoms with Gasteiger partial charge in [-0.3, -0.25) is 14.6 Å². The van der Waals surface area contributed by atoms with Gasteiger partial charge in [0.05, 0.1) is 34.0 Å². The quantitative estimate of drug-likeness (QED) is 0.396. The molecule has 0 spiro atoms. The molecular formula is C27H33FN4O5. The molecule has 2 heterocycles. The van der Waals surface area contributed by atoms with Crippen LogP contribution in [0.4, 0.5) is 4.39 Å². The molecule has 4 rings (SSSR count). The lowest BCUT2D eigenvalue weighted by Crippen LogP contribution is -2.41. The summed E-state index contributed by atoms with van der Waals surface area (Å²) in [5, 5.41) is 2.79. The SMILES string of the molecule is COc1ccc(CN(CCN2CCOCC2)Cc2nc(C(=O)NCc3ccc(F)cc3)co2)c(OC)c1. The maximum Gasteiger partial charge on any atom is 0.273 e. The third-order valence-electron chi connectivity index (χ3n) is 6.23. The molecule has 1 N–H and O–H groups in total. The maximum atomic E-state index is 13.1. The first-order valence-corrected chi connectivity index (χ1v) is 12.2. The highest BCUT2D eigenvalue weighted by Crippen LogP contribution is 2.26. The van der Waals surface area contributed by atoms with Gasteiger partial charge in [0.2, 0.25) is 5.89 Å². The largest absolute Gasteiger partial charge is 0.497 e. The molecule has 1 aliphatic rings. The maximum absolute atomic E-state index is 13.1. The summed E-state index contributed by atoms with van der Waals surface area (Å²) in [7, 11) is 3.26. The Labute approximate surface area is 216 Å². The third kappa shape index (κ3) is 7.75. The van der Waals surface area contributed by atoms with Gasteiger partial charge in [0.15, 0.2) is 5.69 Å². The van der Waals surface area contributed by atoms with Gasteiger partial charge < -0.3 is 23.9 Å². The smallest absolute Gasteiger partial charge is 0.273 e. The van der Waals surface area contributed by atoms with Gasteiger partial charge >= 0.3 is 0 Å². The number of carbonyl (C=O) groups excluding carboxylic acids is 1. The van der Waals surface area contributed by atoms with Crippen molar-refractivity contribution >= 4 is 5.91 Å². The third-order valence-corrected chi connectivity index (χ3v) is 6.23. The van der Waals surface area contributed by atoms with E-state index in [1.54, 1.807) is 26.4 Å². The van der Waals surface area contributed by atoms with Gasteiger partial charge in [-0.1, -0.05) is 18.2 Å². The fourth-order valence-corrected chi connectivity index (χ4v) is 4.10. The lowest BCUT2D eigenvalue weighted by molar-refractivity contribution is 0.0320. The average Bonchev–Trinajstić information content (AvgIpc) is 3.40. The van der Waals surface area contributed by atoms with E-state index in [2.05, 4.69) is 20.1 Å². The highest BCUT2D eigenvalue weighted by Gasteiger charge is 2.19. The zero-order valence-electron chi connectivity index (χ0n) is 21.2. The summed E-state index contributed by atoms with van der Waals surface area (Å²) in [5.41, 5.74) is 2.00. The molecule has 2 aromatic carbocycles. The first kappa shape index (κ1) is 26.6. The predicted molar refractivity (Wildman–Crippen MR) is 135 cm³/mol. The van der Waals surface area contributed by atoms with Crippen LogP contribution >= 0.6 is 0 Å². The van der Waals surface area contributed by atoms with Gasteiger partial charge in [0, 0.05) is 50.9 Å². The van der Waals surface area contributed by atoms with Crippen LogP contribution in [0.3, 0.4) is 0 Å². The molecule has 1 fully saturated rings. The van der Waals surface area contributed by atoms with E-state index in [1.807, 2.05) is 18.2 Å². The second-order valence-corrected chi connectivity index (χ2v) is 8.78. The first-order valence-electron chi connectivity index (χ1n) is 12.2. The summed E-state index contributed by atoms with van der Waals surface area (Å²) in [6, 6.07) is 11.7. The number of morpholine rings is 1. The van der Waals surface area contributed by atoms with Crippen molar-refractivity contribution in [2.24, 2.45) is 0 Å². The van der Waals surface area contributed by atoms with Crippen molar-refractivity contribution in [3.8, 4) is 11.5 Å². The molecule has 0 atom stereocenters. The number of aromatic nitrogens is 1. The molecule has 9 nitrogen and oxygen atoms in total. The average molecular weight is 513 g/mol. The molecule has 1 aromatic heterocycles. The molecule has 198 valence electrons. The number of hydrogen-bond acceptors (Lipinski definition) is 8. The zero-order valence-corrected chi connectivity index (χ0v) is 21.2. The van der Waals surface area contributed by atoms with Crippen molar-refractivity contribution in [1.82, 2.24) is 20.1 Å². The van der Waals surface area contributed by atoms with Crippen molar-refractivity contribution < 1.29 is 27.8 Å². The number of carbonyl (C=O) groups is 1.